The zero-order valence-electron chi connectivity index (χ0n) is 18.6. The molecule has 0 radical (unpaired) electrons. The molecule has 0 saturated heterocycles. The molecule has 3 aliphatic heterocycles. The van der Waals surface area contributed by atoms with E-state index in [-0.39, 0.29) is 17.9 Å². The van der Waals surface area contributed by atoms with Crippen LogP contribution < -0.4 is 4.90 Å². The number of amides is 2. The van der Waals surface area contributed by atoms with Crippen molar-refractivity contribution >= 4 is 34.1 Å². The molecule has 0 fully saturated rings. The Balaban J connectivity index is 1.67. The Morgan fingerprint density at radius 1 is 0.969 bits per heavy atom. The number of benzene rings is 2. The van der Waals surface area contributed by atoms with E-state index in [4.69, 9.17) is 0 Å². The normalized spacial score (nSPS) is 19.2. The molecular formula is C26H26N4O2. The van der Waals surface area contributed by atoms with Crippen LogP contribution in [0.3, 0.4) is 0 Å². The Hall–Kier alpha value is -3.38. The fourth-order valence-corrected chi connectivity index (χ4v) is 5.60. The highest BCUT2D eigenvalue weighted by Crippen LogP contribution is 2.50. The molecule has 4 heterocycles. The predicted octanol–water partition coefficient (Wildman–Crippen LogP) is 3.77. The smallest absolute Gasteiger partial charge is 0.279 e. The summed E-state index contributed by atoms with van der Waals surface area (Å²) < 4.78 is 2.00. The second kappa shape index (κ2) is 6.81. The summed E-state index contributed by atoms with van der Waals surface area (Å²) in [5, 5.41) is 1.16. The van der Waals surface area contributed by atoms with Crippen LogP contribution in [0.15, 0.2) is 54.4 Å². The molecule has 162 valence electrons. The van der Waals surface area contributed by atoms with Crippen molar-refractivity contribution in [1.29, 1.82) is 0 Å². The number of likely N-dealkylation sites (N-methyl/N-ethyl adjacent to an activating group) is 1. The first-order valence-corrected chi connectivity index (χ1v) is 11.3. The SMILES string of the molecule is CCN(CC)Cc1cn2c3c(cccc13)C1Cc3ccccc3N1C1=C2C(=O)N(C)C1=O. The number of carbonyl (C=O) groups excluding carboxylic acids is 2. The molecule has 6 heteroatoms. The van der Waals surface area contributed by atoms with Crippen LogP contribution in [0, 0.1) is 0 Å². The van der Waals surface area contributed by atoms with E-state index >= 15 is 0 Å². The van der Waals surface area contributed by atoms with Gasteiger partial charge in [0.2, 0.25) is 0 Å². The van der Waals surface area contributed by atoms with Gasteiger partial charge in [0.15, 0.2) is 0 Å². The van der Waals surface area contributed by atoms with Crippen molar-refractivity contribution in [1.82, 2.24) is 14.4 Å². The highest BCUT2D eigenvalue weighted by molar-refractivity contribution is 6.34. The van der Waals surface area contributed by atoms with Gasteiger partial charge in [0.25, 0.3) is 11.8 Å². The van der Waals surface area contributed by atoms with E-state index in [0.717, 1.165) is 42.6 Å². The van der Waals surface area contributed by atoms with Gasteiger partial charge >= 0.3 is 0 Å². The number of anilines is 1. The standard InChI is InChI=1S/C26H26N4O2/c1-4-28(5-2)14-17-15-29-22-18(17)10-8-11-19(22)21-13-16-9-6-7-12-20(16)30(21)24-23(29)25(31)27(3)26(24)32/h6-12,15,21H,4-5,13-14H2,1-3H3. The van der Waals surface area contributed by atoms with E-state index in [1.54, 1.807) is 7.05 Å². The minimum atomic E-state index is -0.240. The third-order valence-corrected chi connectivity index (χ3v) is 7.28. The molecule has 0 bridgehead atoms. The maximum absolute atomic E-state index is 13.4. The van der Waals surface area contributed by atoms with Crippen molar-refractivity contribution in [2.75, 3.05) is 25.0 Å². The summed E-state index contributed by atoms with van der Waals surface area (Å²) in [7, 11) is 1.58. The second-order valence-corrected chi connectivity index (χ2v) is 8.81. The van der Waals surface area contributed by atoms with Gasteiger partial charge in [-0.1, -0.05) is 50.2 Å². The van der Waals surface area contributed by atoms with Crippen LogP contribution in [-0.2, 0) is 22.6 Å². The van der Waals surface area contributed by atoms with Crippen molar-refractivity contribution < 1.29 is 9.59 Å². The first-order chi connectivity index (χ1) is 15.5. The van der Waals surface area contributed by atoms with Gasteiger partial charge in [0, 0.05) is 30.9 Å². The zero-order chi connectivity index (χ0) is 22.1. The topological polar surface area (TPSA) is 48.8 Å². The molecule has 1 aromatic heterocycles. The third-order valence-electron chi connectivity index (χ3n) is 7.28. The lowest BCUT2D eigenvalue weighted by Crippen LogP contribution is -2.33. The van der Waals surface area contributed by atoms with Gasteiger partial charge in [-0.25, -0.2) is 0 Å². The van der Waals surface area contributed by atoms with E-state index in [1.807, 2.05) is 16.7 Å². The monoisotopic (exact) mass is 426 g/mol. The highest BCUT2D eigenvalue weighted by Gasteiger charge is 2.48. The minimum Gasteiger partial charge on any atom is -0.327 e. The molecule has 3 aliphatic rings. The molecule has 6 rings (SSSR count). The second-order valence-electron chi connectivity index (χ2n) is 8.81. The van der Waals surface area contributed by atoms with Gasteiger partial charge in [-0.05, 0) is 42.3 Å². The number of fused-ring (bicyclic) bond motifs is 6. The van der Waals surface area contributed by atoms with Crippen LogP contribution in [-0.4, -0.2) is 46.3 Å². The summed E-state index contributed by atoms with van der Waals surface area (Å²) in [6.07, 6.45) is 2.90. The van der Waals surface area contributed by atoms with Gasteiger partial charge in [-0.2, -0.15) is 0 Å². The molecule has 1 unspecified atom stereocenters. The van der Waals surface area contributed by atoms with Gasteiger partial charge in [-0.3, -0.25) is 19.4 Å². The summed E-state index contributed by atoms with van der Waals surface area (Å²) in [5.74, 6) is -0.470. The lowest BCUT2D eigenvalue weighted by atomic mass is 9.99. The Kier molecular flexibility index (Phi) is 4.11. The highest BCUT2D eigenvalue weighted by atomic mass is 16.2. The number of nitrogens with zero attached hydrogens (tertiary/aromatic N) is 4. The van der Waals surface area contributed by atoms with E-state index in [1.165, 1.54) is 21.6 Å². The lowest BCUT2D eigenvalue weighted by molar-refractivity contribution is -0.135. The van der Waals surface area contributed by atoms with Crippen molar-refractivity contribution in [3.05, 3.63) is 71.0 Å². The minimum absolute atomic E-state index is 0.0122. The summed E-state index contributed by atoms with van der Waals surface area (Å²) in [4.78, 5) is 32.5. The molecule has 0 spiro atoms. The number of imide groups is 1. The summed E-state index contributed by atoms with van der Waals surface area (Å²) in [5.41, 5.74) is 6.61. The fourth-order valence-electron chi connectivity index (χ4n) is 5.60. The third kappa shape index (κ3) is 2.38. The molecule has 1 atom stereocenters. The van der Waals surface area contributed by atoms with Crippen LogP contribution >= 0.6 is 0 Å². The number of rotatable bonds is 4. The molecule has 0 N–H and O–H groups in total. The summed E-state index contributed by atoms with van der Waals surface area (Å²) >= 11 is 0. The summed E-state index contributed by atoms with van der Waals surface area (Å²) in [6.45, 7) is 7.07. The fraction of sp³-hybridized carbons (Fsp3) is 0.308. The largest absolute Gasteiger partial charge is 0.327 e. The summed E-state index contributed by atoms with van der Waals surface area (Å²) in [6, 6.07) is 14.6. The maximum atomic E-state index is 13.4. The van der Waals surface area contributed by atoms with E-state index < -0.39 is 0 Å². The van der Waals surface area contributed by atoms with Gasteiger partial charge in [-0.15, -0.1) is 0 Å². The Labute approximate surface area is 187 Å². The van der Waals surface area contributed by atoms with Crippen LogP contribution in [0.1, 0.15) is 36.6 Å². The Bertz CT molecular complexity index is 1330. The van der Waals surface area contributed by atoms with Gasteiger partial charge < -0.3 is 9.47 Å². The molecule has 3 aromatic rings. The molecule has 6 nitrogen and oxygen atoms in total. The van der Waals surface area contributed by atoms with Crippen molar-refractivity contribution in [3.8, 4) is 0 Å². The van der Waals surface area contributed by atoms with Crippen LogP contribution in [0.4, 0.5) is 5.69 Å². The van der Waals surface area contributed by atoms with Crippen LogP contribution in [0.25, 0.3) is 16.6 Å². The predicted molar refractivity (Wildman–Crippen MR) is 125 cm³/mol. The molecule has 0 saturated carbocycles. The van der Waals surface area contributed by atoms with Crippen LogP contribution in [0.5, 0.6) is 0 Å². The Morgan fingerprint density at radius 2 is 1.72 bits per heavy atom. The van der Waals surface area contributed by atoms with Crippen molar-refractivity contribution in [2.24, 2.45) is 0 Å². The van der Waals surface area contributed by atoms with Gasteiger partial charge in [0.05, 0.1) is 11.6 Å². The number of aromatic nitrogens is 1. The number of hydrogen-bond donors (Lipinski definition) is 0. The number of carbonyl (C=O) groups is 2. The van der Waals surface area contributed by atoms with Gasteiger partial charge in [0.1, 0.15) is 11.4 Å². The quantitative estimate of drug-likeness (QED) is 0.596. The zero-order valence-corrected chi connectivity index (χ0v) is 18.6. The Morgan fingerprint density at radius 3 is 2.50 bits per heavy atom. The molecule has 0 aliphatic carbocycles. The number of hydrogen-bond acceptors (Lipinski definition) is 4. The average molecular weight is 427 g/mol. The maximum Gasteiger partial charge on any atom is 0.279 e. The first-order valence-electron chi connectivity index (χ1n) is 11.3. The van der Waals surface area contributed by atoms with Crippen LogP contribution in [0.2, 0.25) is 0 Å². The van der Waals surface area contributed by atoms with Crippen molar-refractivity contribution in [2.45, 2.75) is 32.9 Å². The lowest BCUT2D eigenvalue weighted by Gasteiger charge is -2.27. The molecular weight excluding hydrogens is 400 g/mol. The molecule has 2 aromatic carbocycles. The first kappa shape index (κ1) is 19.3. The van der Waals surface area contributed by atoms with Crippen molar-refractivity contribution in [3.63, 3.8) is 0 Å². The van der Waals surface area contributed by atoms with E-state index in [2.05, 4.69) is 60.2 Å². The molecule has 2 amide bonds. The number of para-hydroxylation sites is 2. The van der Waals surface area contributed by atoms with E-state index in [0.29, 0.717) is 11.4 Å². The average Bonchev–Trinajstić information content (AvgIpc) is 3.41. The molecule has 32 heavy (non-hydrogen) atoms. The van der Waals surface area contributed by atoms with E-state index in [9.17, 15) is 9.59 Å².